The lowest BCUT2D eigenvalue weighted by Crippen LogP contribution is -2.42. The summed E-state index contributed by atoms with van der Waals surface area (Å²) >= 11 is 4.28. The summed E-state index contributed by atoms with van der Waals surface area (Å²) < 4.78 is 15.8. The van der Waals surface area contributed by atoms with Gasteiger partial charge in [0.2, 0.25) is 11.1 Å². The number of hydrogen-bond acceptors (Lipinski definition) is 6. The van der Waals surface area contributed by atoms with Crippen molar-refractivity contribution in [3.05, 3.63) is 64.4 Å². The van der Waals surface area contributed by atoms with Crippen molar-refractivity contribution in [3.63, 3.8) is 0 Å². The van der Waals surface area contributed by atoms with Crippen LogP contribution in [0.25, 0.3) is 11.4 Å². The van der Waals surface area contributed by atoms with E-state index in [1.807, 2.05) is 0 Å². The van der Waals surface area contributed by atoms with Crippen molar-refractivity contribution in [2.24, 2.45) is 0 Å². The molecule has 0 aliphatic carbocycles. The van der Waals surface area contributed by atoms with Gasteiger partial charge in [-0.3, -0.25) is 20.4 Å². The van der Waals surface area contributed by atoms with Crippen LogP contribution in [0.4, 0.5) is 4.39 Å². The molecule has 0 saturated heterocycles. The number of halogens is 2. The van der Waals surface area contributed by atoms with E-state index in [0.29, 0.717) is 5.56 Å². The number of nitrogens with two attached hydrogens (primary N) is 1. The van der Waals surface area contributed by atoms with Gasteiger partial charge in [-0.15, -0.1) is 10.2 Å². The predicted molar refractivity (Wildman–Crippen MR) is 106 cm³/mol. The van der Waals surface area contributed by atoms with Gasteiger partial charge in [0.15, 0.2) is 5.82 Å². The third kappa shape index (κ3) is 4.67. The molecule has 0 fully saturated rings. The molecule has 2 amide bonds. The highest BCUT2D eigenvalue weighted by Crippen LogP contribution is 2.23. The second-order valence-corrected chi connectivity index (χ2v) is 7.31. The Balaban J connectivity index is 1.54. The van der Waals surface area contributed by atoms with Gasteiger partial charge >= 0.3 is 0 Å². The highest BCUT2D eigenvalue weighted by molar-refractivity contribution is 9.10. The Morgan fingerprint density at radius 2 is 1.82 bits per heavy atom. The number of nitrogens with one attached hydrogen (secondary N) is 2. The van der Waals surface area contributed by atoms with Gasteiger partial charge in [-0.1, -0.05) is 39.8 Å². The molecule has 4 N–H and O–H groups in total. The summed E-state index contributed by atoms with van der Waals surface area (Å²) in [6.07, 6.45) is 0. The largest absolute Gasteiger partial charge is 0.335 e. The fraction of sp³-hybridized carbons (Fsp3) is 0.0588. The number of amides is 2. The van der Waals surface area contributed by atoms with Crippen molar-refractivity contribution in [2.45, 2.75) is 5.16 Å². The lowest BCUT2D eigenvalue weighted by Gasteiger charge is -2.07. The number of benzene rings is 2. The molecule has 0 atom stereocenters. The van der Waals surface area contributed by atoms with Crippen LogP contribution in [0, 0.1) is 5.82 Å². The fourth-order valence-corrected chi connectivity index (χ4v) is 3.09. The molecule has 3 rings (SSSR count). The molecule has 28 heavy (non-hydrogen) atoms. The van der Waals surface area contributed by atoms with Crippen LogP contribution in [-0.2, 0) is 4.79 Å². The van der Waals surface area contributed by atoms with E-state index in [9.17, 15) is 14.0 Å². The summed E-state index contributed by atoms with van der Waals surface area (Å²) in [4.78, 5) is 23.9. The van der Waals surface area contributed by atoms with E-state index in [-0.39, 0.29) is 22.3 Å². The Morgan fingerprint density at radius 3 is 2.54 bits per heavy atom. The highest BCUT2D eigenvalue weighted by atomic mass is 79.9. The van der Waals surface area contributed by atoms with E-state index in [2.05, 4.69) is 37.0 Å². The van der Waals surface area contributed by atoms with Crippen molar-refractivity contribution >= 4 is 39.5 Å². The molecule has 0 spiro atoms. The summed E-state index contributed by atoms with van der Waals surface area (Å²) in [5, 5.41) is 7.97. The van der Waals surface area contributed by atoms with Crippen molar-refractivity contribution in [1.82, 2.24) is 25.7 Å². The van der Waals surface area contributed by atoms with Gasteiger partial charge in [-0.05, 0) is 36.4 Å². The third-order valence-electron chi connectivity index (χ3n) is 3.53. The number of carbonyl (C=O) groups is 2. The van der Waals surface area contributed by atoms with Crippen LogP contribution in [0.1, 0.15) is 10.4 Å². The summed E-state index contributed by atoms with van der Waals surface area (Å²) in [5.41, 5.74) is 5.22. The van der Waals surface area contributed by atoms with Gasteiger partial charge < -0.3 is 5.84 Å². The Kier molecular flexibility index (Phi) is 6.26. The van der Waals surface area contributed by atoms with E-state index in [1.165, 1.54) is 12.1 Å². The quantitative estimate of drug-likeness (QED) is 0.302. The lowest BCUT2D eigenvalue weighted by atomic mass is 10.2. The second-order valence-electron chi connectivity index (χ2n) is 5.45. The van der Waals surface area contributed by atoms with Gasteiger partial charge in [-0.25, -0.2) is 9.07 Å². The number of nitrogen functional groups attached to an aromatic ring is 1. The number of carbonyl (C=O) groups excluding carboxylic acids is 2. The molecule has 144 valence electrons. The zero-order valence-electron chi connectivity index (χ0n) is 14.2. The van der Waals surface area contributed by atoms with Crippen LogP contribution in [0.3, 0.4) is 0 Å². The molecule has 11 heteroatoms. The van der Waals surface area contributed by atoms with Crippen LogP contribution in [0.15, 0.2) is 58.2 Å². The van der Waals surface area contributed by atoms with Gasteiger partial charge in [-0.2, -0.15) is 0 Å². The Labute approximate surface area is 171 Å². The number of thioether (sulfide) groups is 1. The first kappa shape index (κ1) is 19.8. The first-order chi connectivity index (χ1) is 13.5. The average Bonchev–Trinajstić information content (AvgIpc) is 3.05. The smallest absolute Gasteiger partial charge is 0.269 e. The standard InChI is InChI=1S/C17H14BrFN6O2S/c18-11-7-5-10(6-8-11)16(27)23-21-14(26)9-28-17-24-22-15(25(17)20)12-3-1-2-4-13(12)19/h1-8H,9,20H2,(H,21,26)(H,23,27). The van der Waals surface area contributed by atoms with E-state index in [1.54, 1.807) is 36.4 Å². The van der Waals surface area contributed by atoms with Crippen molar-refractivity contribution in [2.75, 3.05) is 11.6 Å². The molecule has 0 radical (unpaired) electrons. The lowest BCUT2D eigenvalue weighted by molar-refractivity contribution is -0.119. The van der Waals surface area contributed by atoms with Crippen LogP contribution in [0.5, 0.6) is 0 Å². The minimum absolute atomic E-state index is 0.0762. The van der Waals surface area contributed by atoms with Crippen LogP contribution in [0.2, 0.25) is 0 Å². The summed E-state index contributed by atoms with van der Waals surface area (Å²) in [6.45, 7) is 0. The van der Waals surface area contributed by atoms with E-state index >= 15 is 0 Å². The normalized spacial score (nSPS) is 10.5. The maximum Gasteiger partial charge on any atom is 0.269 e. The summed E-state index contributed by atoms with van der Waals surface area (Å²) in [6, 6.07) is 12.7. The van der Waals surface area contributed by atoms with E-state index in [4.69, 9.17) is 5.84 Å². The third-order valence-corrected chi connectivity index (χ3v) is 5.01. The van der Waals surface area contributed by atoms with Gasteiger partial charge in [0.25, 0.3) is 5.91 Å². The topological polar surface area (TPSA) is 115 Å². The zero-order chi connectivity index (χ0) is 20.1. The minimum Gasteiger partial charge on any atom is -0.335 e. The van der Waals surface area contributed by atoms with Crippen molar-refractivity contribution in [1.29, 1.82) is 0 Å². The molecule has 0 unspecified atom stereocenters. The molecule has 2 aromatic carbocycles. The van der Waals surface area contributed by atoms with Crippen molar-refractivity contribution < 1.29 is 14.0 Å². The maximum absolute atomic E-state index is 13.9. The van der Waals surface area contributed by atoms with Crippen molar-refractivity contribution in [3.8, 4) is 11.4 Å². The van der Waals surface area contributed by atoms with Crippen LogP contribution >= 0.6 is 27.7 Å². The number of rotatable bonds is 5. The maximum atomic E-state index is 13.9. The zero-order valence-corrected chi connectivity index (χ0v) is 16.6. The molecule has 0 saturated carbocycles. The fourth-order valence-electron chi connectivity index (χ4n) is 2.17. The predicted octanol–water partition coefficient (Wildman–Crippen LogP) is 2.11. The average molecular weight is 465 g/mol. The second kappa shape index (κ2) is 8.85. The Bertz CT molecular complexity index is 1010. The molecule has 0 bridgehead atoms. The summed E-state index contributed by atoms with van der Waals surface area (Å²) in [5.74, 6) is 4.57. The number of nitrogens with zero attached hydrogens (tertiary/aromatic N) is 3. The molecule has 1 heterocycles. The van der Waals surface area contributed by atoms with E-state index in [0.717, 1.165) is 20.9 Å². The minimum atomic E-state index is -0.480. The highest BCUT2D eigenvalue weighted by Gasteiger charge is 2.16. The molecular weight excluding hydrogens is 451 g/mol. The Hall–Kier alpha value is -2.92. The molecule has 3 aromatic rings. The summed E-state index contributed by atoms with van der Waals surface area (Å²) in [7, 11) is 0. The van der Waals surface area contributed by atoms with E-state index < -0.39 is 17.6 Å². The van der Waals surface area contributed by atoms with Gasteiger partial charge in [0.05, 0.1) is 11.3 Å². The molecule has 0 aliphatic heterocycles. The number of hydrogen-bond donors (Lipinski definition) is 3. The molecule has 8 nitrogen and oxygen atoms in total. The van der Waals surface area contributed by atoms with Crippen LogP contribution < -0.4 is 16.7 Å². The molecule has 1 aromatic heterocycles. The monoisotopic (exact) mass is 464 g/mol. The number of aromatic nitrogens is 3. The first-order valence-corrected chi connectivity index (χ1v) is 9.66. The first-order valence-electron chi connectivity index (χ1n) is 7.88. The van der Waals surface area contributed by atoms with Gasteiger partial charge in [0, 0.05) is 10.0 Å². The molecular formula is C17H14BrFN6O2S. The Morgan fingerprint density at radius 1 is 1.11 bits per heavy atom. The molecule has 0 aliphatic rings. The van der Waals surface area contributed by atoms with Gasteiger partial charge in [0.1, 0.15) is 5.82 Å². The van der Waals surface area contributed by atoms with Crippen LogP contribution in [-0.4, -0.2) is 32.4 Å². The number of hydrazine groups is 1. The SMILES string of the molecule is Nn1c(SCC(=O)NNC(=O)c2ccc(Br)cc2)nnc1-c1ccccc1F.